The molecular weight excluding hydrogens is 202 g/mol. The summed E-state index contributed by atoms with van der Waals surface area (Å²) < 4.78 is 5.38. The van der Waals surface area contributed by atoms with Gasteiger partial charge in [0.05, 0.1) is 5.69 Å². The van der Waals surface area contributed by atoms with Crippen LogP contribution in [-0.2, 0) is 4.74 Å². The number of ether oxygens (including phenoxy) is 1. The SMILES string of the molecule is CC(NC(C)C1CCOCC1)c1ccn[nH]1. The Morgan fingerprint density at radius 1 is 1.44 bits per heavy atom. The van der Waals surface area contributed by atoms with Gasteiger partial charge in [0.2, 0.25) is 0 Å². The standard InChI is InChI=1S/C12H21N3O/c1-9(11-4-7-16-8-5-11)14-10(2)12-3-6-13-15-12/h3,6,9-11,14H,4-5,7-8H2,1-2H3,(H,13,15). The van der Waals surface area contributed by atoms with Gasteiger partial charge < -0.3 is 10.1 Å². The summed E-state index contributed by atoms with van der Waals surface area (Å²) in [7, 11) is 0. The number of hydrogen-bond donors (Lipinski definition) is 2. The summed E-state index contributed by atoms with van der Waals surface area (Å²) in [6.45, 7) is 6.26. The van der Waals surface area contributed by atoms with Gasteiger partial charge in [0.15, 0.2) is 0 Å². The zero-order valence-corrected chi connectivity index (χ0v) is 10.1. The van der Waals surface area contributed by atoms with Crippen molar-refractivity contribution >= 4 is 0 Å². The molecule has 2 atom stereocenters. The van der Waals surface area contributed by atoms with E-state index in [4.69, 9.17) is 4.74 Å². The number of aromatic nitrogens is 2. The van der Waals surface area contributed by atoms with Gasteiger partial charge in [-0.05, 0) is 38.7 Å². The van der Waals surface area contributed by atoms with Crippen molar-refractivity contribution in [2.75, 3.05) is 13.2 Å². The monoisotopic (exact) mass is 223 g/mol. The highest BCUT2D eigenvalue weighted by Crippen LogP contribution is 2.20. The van der Waals surface area contributed by atoms with Gasteiger partial charge in [0.1, 0.15) is 0 Å². The summed E-state index contributed by atoms with van der Waals surface area (Å²) >= 11 is 0. The van der Waals surface area contributed by atoms with Gasteiger partial charge in [-0.25, -0.2) is 0 Å². The van der Waals surface area contributed by atoms with Crippen LogP contribution in [0.4, 0.5) is 0 Å². The molecule has 0 saturated carbocycles. The molecule has 0 aliphatic carbocycles. The molecule has 4 nitrogen and oxygen atoms in total. The third-order valence-electron chi connectivity index (χ3n) is 3.47. The fourth-order valence-corrected chi connectivity index (χ4v) is 2.34. The largest absolute Gasteiger partial charge is 0.381 e. The normalized spacial score (nSPS) is 21.9. The topological polar surface area (TPSA) is 49.9 Å². The van der Waals surface area contributed by atoms with E-state index in [1.807, 2.05) is 6.07 Å². The van der Waals surface area contributed by atoms with Crippen LogP contribution in [0.3, 0.4) is 0 Å². The molecule has 1 aliphatic heterocycles. The third-order valence-corrected chi connectivity index (χ3v) is 3.47. The fraction of sp³-hybridized carbons (Fsp3) is 0.750. The van der Waals surface area contributed by atoms with E-state index in [0.29, 0.717) is 12.1 Å². The molecule has 1 saturated heterocycles. The summed E-state index contributed by atoms with van der Waals surface area (Å²) in [6.07, 6.45) is 4.14. The maximum Gasteiger partial charge on any atom is 0.0518 e. The van der Waals surface area contributed by atoms with E-state index in [-0.39, 0.29) is 0 Å². The Morgan fingerprint density at radius 2 is 2.19 bits per heavy atom. The number of nitrogens with zero attached hydrogens (tertiary/aromatic N) is 1. The molecule has 0 amide bonds. The summed E-state index contributed by atoms with van der Waals surface area (Å²) in [4.78, 5) is 0. The Balaban J connectivity index is 1.84. The molecule has 2 rings (SSSR count). The molecule has 1 aromatic heterocycles. The van der Waals surface area contributed by atoms with Crippen LogP contribution in [0, 0.1) is 5.92 Å². The van der Waals surface area contributed by atoms with Gasteiger partial charge in [0.25, 0.3) is 0 Å². The molecule has 0 aromatic carbocycles. The van der Waals surface area contributed by atoms with Crippen molar-refractivity contribution in [1.82, 2.24) is 15.5 Å². The number of nitrogens with one attached hydrogen (secondary N) is 2. The second-order valence-electron chi connectivity index (χ2n) is 4.64. The van der Waals surface area contributed by atoms with Crippen LogP contribution in [0.1, 0.15) is 38.4 Å². The molecule has 2 heterocycles. The maximum absolute atomic E-state index is 5.38. The minimum atomic E-state index is 0.334. The van der Waals surface area contributed by atoms with E-state index in [1.54, 1.807) is 6.20 Å². The number of hydrogen-bond acceptors (Lipinski definition) is 3. The van der Waals surface area contributed by atoms with Crippen LogP contribution in [0.2, 0.25) is 0 Å². The third kappa shape index (κ3) is 2.83. The van der Waals surface area contributed by atoms with Crippen molar-refractivity contribution in [3.8, 4) is 0 Å². The molecule has 1 aromatic rings. The molecule has 0 spiro atoms. The van der Waals surface area contributed by atoms with Crippen LogP contribution < -0.4 is 5.32 Å². The molecule has 0 bridgehead atoms. The first kappa shape index (κ1) is 11.6. The first-order valence-electron chi connectivity index (χ1n) is 6.10. The highest BCUT2D eigenvalue weighted by atomic mass is 16.5. The Hall–Kier alpha value is -0.870. The van der Waals surface area contributed by atoms with Gasteiger partial charge in [-0.3, -0.25) is 5.10 Å². The molecule has 90 valence electrons. The predicted octanol–water partition coefficient (Wildman–Crippen LogP) is 1.88. The van der Waals surface area contributed by atoms with E-state index in [0.717, 1.165) is 24.8 Å². The van der Waals surface area contributed by atoms with Crippen LogP contribution >= 0.6 is 0 Å². The Bertz CT molecular complexity index is 293. The van der Waals surface area contributed by atoms with Crippen molar-refractivity contribution in [3.63, 3.8) is 0 Å². The summed E-state index contributed by atoms with van der Waals surface area (Å²) in [5.74, 6) is 0.735. The molecule has 0 radical (unpaired) electrons. The molecule has 2 N–H and O–H groups in total. The van der Waals surface area contributed by atoms with Gasteiger partial charge in [0, 0.05) is 31.5 Å². The summed E-state index contributed by atoms with van der Waals surface area (Å²) in [6, 6.07) is 2.89. The summed E-state index contributed by atoms with van der Waals surface area (Å²) in [5.41, 5.74) is 1.15. The van der Waals surface area contributed by atoms with Crippen molar-refractivity contribution < 1.29 is 4.74 Å². The van der Waals surface area contributed by atoms with E-state index in [1.165, 1.54) is 12.8 Å². The molecular formula is C12H21N3O. The second kappa shape index (κ2) is 5.46. The van der Waals surface area contributed by atoms with Crippen molar-refractivity contribution in [2.24, 2.45) is 5.92 Å². The molecule has 1 fully saturated rings. The molecule has 16 heavy (non-hydrogen) atoms. The first-order chi connectivity index (χ1) is 7.77. The predicted molar refractivity (Wildman–Crippen MR) is 63.1 cm³/mol. The van der Waals surface area contributed by atoms with Gasteiger partial charge in [-0.1, -0.05) is 0 Å². The lowest BCUT2D eigenvalue weighted by Crippen LogP contribution is -2.38. The van der Waals surface area contributed by atoms with E-state index < -0.39 is 0 Å². The smallest absolute Gasteiger partial charge is 0.0518 e. The minimum Gasteiger partial charge on any atom is -0.381 e. The second-order valence-corrected chi connectivity index (χ2v) is 4.64. The number of H-pyrrole nitrogens is 1. The van der Waals surface area contributed by atoms with Crippen LogP contribution in [0.15, 0.2) is 12.3 Å². The average Bonchev–Trinajstić information content (AvgIpc) is 2.83. The Morgan fingerprint density at radius 3 is 2.81 bits per heavy atom. The average molecular weight is 223 g/mol. The Kier molecular flexibility index (Phi) is 3.96. The zero-order valence-electron chi connectivity index (χ0n) is 10.1. The minimum absolute atomic E-state index is 0.334. The van der Waals surface area contributed by atoms with Crippen LogP contribution in [-0.4, -0.2) is 29.5 Å². The summed E-state index contributed by atoms with van der Waals surface area (Å²) in [5, 5.41) is 10.6. The van der Waals surface area contributed by atoms with Crippen molar-refractivity contribution in [2.45, 2.75) is 38.8 Å². The van der Waals surface area contributed by atoms with Gasteiger partial charge >= 0.3 is 0 Å². The van der Waals surface area contributed by atoms with Crippen molar-refractivity contribution in [1.29, 1.82) is 0 Å². The Labute approximate surface area is 96.8 Å². The maximum atomic E-state index is 5.38. The first-order valence-corrected chi connectivity index (χ1v) is 6.10. The molecule has 1 aliphatic rings. The highest BCUT2D eigenvalue weighted by molar-refractivity contribution is 5.03. The fourth-order valence-electron chi connectivity index (χ4n) is 2.34. The lowest BCUT2D eigenvalue weighted by Gasteiger charge is -2.30. The van der Waals surface area contributed by atoms with Crippen LogP contribution in [0.25, 0.3) is 0 Å². The molecule has 4 heteroatoms. The van der Waals surface area contributed by atoms with E-state index >= 15 is 0 Å². The highest BCUT2D eigenvalue weighted by Gasteiger charge is 2.22. The van der Waals surface area contributed by atoms with Gasteiger partial charge in [-0.15, -0.1) is 0 Å². The van der Waals surface area contributed by atoms with Crippen LogP contribution in [0.5, 0.6) is 0 Å². The quantitative estimate of drug-likeness (QED) is 0.819. The lowest BCUT2D eigenvalue weighted by molar-refractivity contribution is 0.0546. The van der Waals surface area contributed by atoms with Gasteiger partial charge in [-0.2, -0.15) is 5.10 Å². The lowest BCUT2D eigenvalue weighted by atomic mass is 9.92. The molecule has 2 unspecified atom stereocenters. The number of rotatable bonds is 4. The zero-order chi connectivity index (χ0) is 11.4. The van der Waals surface area contributed by atoms with E-state index in [2.05, 4.69) is 29.4 Å². The number of aromatic amines is 1. The van der Waals surface area contributed by atoms with Crippen molar-refractivity contribution in [3.05, 3.63) is 18.0 Å². The van der Waals surface area contributed by atoms with E-state index in [9.17, 15) is 0 Å².